The van der Waals surface area contributed by atoms with Crippen LogP contribution < -0.4 is 0 Å². The summed E-state index contributed by atoms with van der Waals surface area (Å²) in [5.74, 6) is 0.763. The van der Waals surface area contributed by atoms with E-state index in [1.807, 2.05) is 11.3 Å². The predicted octanol–water partition coefficient (Wildman–Crippen LogP) is 4.05. The van der Waals surface area contributed by atoms with Crippen molar-refractivity contribution < 1.29 is 0 Å². The highest BCUT2D eigenvalue weighted by Gasteiger charge is 2.32. The summed E-state index contributed by atoms with van der Waals surface area (Å²) in [5.41, 5.74) is 1.38. The van der Waals surface area contributed by atoms with Crippen molar-refractivity contribution in [1.82, 2.24) is 0 Å². The molecule has 0 nitrogen and oxygen atoms in total. The number of thiophene rings is 1. The van der Waals surface area contributed by atoms with E-state index in [1.165, 1.54) is 28.2 Å². The quantitative estimate of drug-likeness (QED) is 0.632. The zero-order valence-corrected chi connectivity index (χ0v) is 9.00. The molecule has 0 radical (unpaired) electrons. The molecule has 0 aliphatic heterocycles. The third-order valence-electron chi connectivity index (χ3n) is 2.41. The lowest BCUT2D eigenvalue weighted by atomic mass is 10.1. The molecule has 0 spiro atoms. The second kappa shape index (κ2) is 3.04. The maximum Gasteiger partial charge on any atom is 0.0624 e. The van der Waals surface area contributed by atoms with Crippen LogP contribution in [-0.4, -0.2) is 0 Å². The molecule has 0 saturated heterocycles. The molecule has 1 heterocycles. The lowest BCUT2D eigenvalue weighted by Crippen LogP contribution is -1.91. The first kappa shape index (κ1) is 8.58. The summed E-state index contributed by atoms with van der Waals surface area (Å²) >= 11 is 8.19. The second-order valence-corrected chi connectivity index (χ2v) is 5.54. The minimum atomic E-state index is 0.287. The van der Waals surface area contributed by atoms with Crippen molar-refractivity contribution in [1.29, 1.82) is 0 Å². The molecule has 1 atom stereocenters. The molecule has 2 rings (SSSR count). The number of rotatable bonds is 2. The van der Waals surface area contributed by atoms with Crippen LogP contribution >= 0.6 is 22.9 Å². The highest BCUT2D eigenvalue weighted by molar-refractivity contribution is 7.12. The summed E-state index contributed by atoms with van der Waals surface area (Å²) < 4.78 is 0. The van der Waals surface area contributed by atoms with E-state index in [4.69, 9.17) is 11.6 Å². The van der Waals surface area contributed by atoms with E-state index >= 15 is 0 Å². The standard InChI is InChI=1S/C10H13ClS/c1-6-5-9(7(2)12-6)10(11)8-3-4-8/h5,8,10H,3-4H2,1-2H3. The molecule has 0 amide bonds. The summed E-state index contributed by atoms with van der Waals surface area (Å²) in [5, 5.41) is 0.287. The molecule has 1 saturated carbocycles. The zero-order valence-electron chi connectivity index (χ0n) is 7.43. The van der Waals surface area contributed by atoms with Gasteiger partial charge in [0.2, 0.25) is 0 Å². The van der Waals surface area contributed by atoms with Crippen molar-refractivity contribution in [2.45, 2.75) is 32.1 Å². The maximum absolute atomic E-state index is 6.33. The van der Waals surface area contributed by atoms with E-state index in [1.54, 1.807) is 0 Å². The van der Waals surface area contributed by atoms with Crippen LogP contribution in [0.2, 0.25) is 0 Å². The molecular weight excluding hydrogens is 188 g/mol. The predicted molar refractivity (Wildman–Crippen MR) is 55.1 cm³/mol. The van der Waals surface area contributed by atoms with Gasteiger partial charge in [0.05, 0.1) is 5.38 Å². The first-order chi connectivity index (χ1) is 5.68. The van der Waals surface area contributed by atoms with E-state index in [9.17, 15) is 0 Å². The molecule has 1 aromatic rings. The Bertz CT molecular complexity index is 286. The van der Waals surface area contributed by atoms with Crippen molar-refractivity contribution in [3.63, 3.8) is 0 Å². The first-order valence-corrected chi connectivity index (χ1v) is 5.65. The normalized spacial score (nSPS) is 19.6. The molecule has 0 aromatic carbocycles. The molecule has 2 heteroatoms. The van der Waals surface area contributed by atoms with Gasteiger partial charge in [0.25, 0.3) is 0 Å². The first-order valence-electron chi connectivity index (χ1n) is 4.39. The number of hydrogen-bond acceptors (Lipinski definition) is 1. The van der Waals surface area contributed by atoms with Gasteiger partial charge in [0.1, 0.15) is 0 Å². The van der Waals surface area contributed by atoms with Gasteiger partial charge in [0.15, 0.2) is 0 Å². The Morgan fingerprint density at radius 2 is 2.17 bits per heavy atom. The smallest absolute Gasteiger partial charge is 0.0624 e. The van der Waals surface area contributed by atoms with Crippen LogP contribution in [0.3, 0.4) is 0 Å². The molecule has 1 aliphatic carbocycles. The van der Waals surface area contributed by atoms with E-state index in [-0.39, 0.29) is 5.38 Å². The van der Waals surface area contributed by atoms with Gasteiger partial charge in [-0.15, -0.1) is 22.9 Å². The van der Waals surface area contributed by atoms with Crippen LogP contribution in [0.5, 0.6) is 0 Å². The van der Waals surface area contributed by atoms with Gasteiger partial charge in [-0.1, -0.05) is 0 Å². The topological polar surface area (TPSA) is 0 Å². The van der Waals surface area contributed by atoms with Crippen LogP contribution in [0.1, 0.15) is 33.5 Å². The minimum absolute atomic E-state index is 0.287. The number of aryl methyl sites for hydroxylation is 2. The van der Waals surface area contributed by atoms with Gasteiger partial charge in [-0.25, -0.2) is 0 Å². The summed E-state index contributed by atoms with van der Waals surface area (Å²) in [7, 11) is 0. The monoisotopic (exact) mass is 200 g/mol. The van der Waals surface area contributed by atoms with E-state index < -0.39 is 0 Å². The fourth-order valence-corrected chi connectivity index (χ4v) is 3.08. The van der Waals surface area contributed by atoms with E-state index in [0.29, 0.717) is 0 Å². The Hall–Kier alpha value is -0.0100. The Kier molecular flexibility index (Phi) is 2.18. The molecule has 1 aromatic heterocycles. The largest absolute Gasteiger partial charge is 0.146 e. The summed E-state index contributed by atoms with van der Waals surface area (Å²) in [6, 6.07) is 2.25. The molecule has 1 aliphatic rings. The van der Waals surface area contributed by atoms with E-state index in [2.05, 4.69) is 19.9 Å². The van der Waals surface area contributed by atoms with Gasteiger partial charge in [-0.05, 0) is 44.2 Å². The molecular formula is C10H13ClS. The van der Waals surface area contributed by atoms with Crippen LogP contribution in [0.15, 0.2) is 6.07 Å². The van der Waals surface area contributed by atoms with Gasteiger partial charge in [-0.3, -0.25) is 0 Å². The highest BCUT2D eigenvalue weighted by atomic mass is 35.5. The zero-order chi connectivity index (χ0) is 8.72. The van der Waals surface area contributed by atoms with Gasteiger partial charge in [-0.2, -0.15) is 0 Å². The van der Waals surface area contributed by atoms with Crippen LogP contribution in [-0.2, 0) is 0 Å². The lowest BCUT2D eigenvalue weighted by Gasteiger charge is -2.05. The fraction of sp³-hybridized carbons (Fsp3) is 0.600. The van der Waals surface area contributed by atoms with E-state index in [0.717, 1.165) is 5.92 Å². The summed E-state index contributed by atoms with van der Waals surface area (Å²) in [6.07, 6.45) is 2.64. The van der Waals surface area contributed by atoms with Gasteiger partial charge < -0.3 is 0 Å². The van der Waals surface area contributed by atoms with Gasteiger partial charge >= 0.3 is 0 Å². The Balaban J connectivity index is 2.25. The third kappa shape index (κ3) is 1.53. The molecule has 12 heavy (non-hydrogen) atoms. The Labute approximate surface area is 82.6 Å². The average Bonchev–Trinajstić information content (AvgIpc) is 2.77. The lowest BCUT2D eigenvalue weighted by molar-refractivity contribution is 0.796. The van der Waals surface area contributed by atoms with Crippen LogP contribution in [0.4, 0.5) is 0 Å². The summed E-state index contributed by atoms with van der Waals surface area (Å²) in [6.45, 7) is 4.32. The second-order valence-electron chi connectivity index (χ2n) is 3.61. The Morgan fingerprint density at radius 3 is 2.58 bits per heavy atom. The number of hydrogen-bond donors (Lipinski definition) is 0. The molecule has 0 N–H and O–H groups in total. The van der Waals surface area contributed by atoms with Crippen molar-refractivity contribution in [3.8, 4) is 0 Å². The SMILES string of the molecule is Cc1cc(C(Cl)C2CC2)c(C)s1. The minimum Gasteiger partial charge on any atom is -0.146 e. The average molecular weight is 201 g/mol. The molecule has 1 unspecified atom stereocenters. The van der Waals surface area contributed by atoms with Crippen LogP contribution in [0, 0.1) is 19.8 Å². The maximum atomic E-state index is 6.33. The fourth-order valence-electron chi connectivity index (χ4n) is 1.57. The van der Waals surface area contributed by atoms with Crippen molar-refractivity contribution >= 4 is 22.9 Å². The van der Waals surface area contributed by atoms with Crippen LogP contribution in [0.25, 0.3) is 0 Å². The molecule has 1 fully saturated rings. The highest BCUT2D eigenvalue weighted by Crippen LogP contribution is 2.47. The third-order valence-corrected chi connectivity index (χ3v) is 3.99. The van der Waals surface area contributed by atoms with Crippen molar-refractivity contribution in [2.75, 3.05) is 0 Å². The van der Waals surface area contributed by atoms with Crippen molar-refractivity contribution in [3.05, 3.63) is 21.4 Å². The summed E-state index contributed by atoms with van der Waals surface area (Å²) in [4.78, 5) is 2.79. The number of halogens is 1. The number of alkyl halides is 1. The Morgan fingerprint density at radius 1 is 1.50 bits per heavy atom. The van der Waals surface area contributed by atoms with Crippen molar-refractivity contribution in [2.24, 2.45) is 5.92 Å². The molecule has 0 bridgehead atoms. The van der Waals surface area contributed by atoms with Gasteiger partial charge in [0, 0.05) is 9.75 Å². The molecule has 66 valence electrons.